The summed E-state index contributed by atoms with van der Waals surface area (Å²) >= 11 is 5.36. The molecule has 1 aliphatic heterocycles. The molecule has 0 unspecified atom stereocenters. The van der Waals surface area contributed by atoms with Crippen LogP contribution in [0, 0.1) is 4.77 Å². The van der Waals surface area contributed by atoms with E-state index in [-0.39, 0.29) is 0 Å². The second-order valence-electron chi connectivity index (χ2n) is 5.07. The van der Waals surface area contributed by atoms with Crippen molar-refractivity contribution in [2.45, 2.75) is 32.6 Å². The van der Waals surface area contributed by atoms with Gasteiger partial charge in [-0.25, -0.2) is 0 Å². The van der Waals surface area contributed by atoms with Crippen LogP contribution in [0.1, 0.15) is 32.0 Å². The molecule has 0 saturated carbocycles. The molecule has 0 spiro atoms. The number of nitrogens with zero attached hydrogens (tertiary/aromatic N) is 2. The summed E-state index contributed by atoms with van der Waals surface area (Å²) in [6, 6.07) is 5.87. The zero-order chi connectivity index (χ0) is 14.7. The first-order valence-electron chi connectivity index (χ1n) is 7.36. The molecule has 3 rings (SSSR count). The van der Waals surface area contributed by atoms with E-state index >= 15 is 0 Å². The highest BCUT2D eigenvalue weighted by Gasteiger charge is 2.14. The first kappa shape index (κ1) is 14.1. The Bertz CT molecular complexity index is 678. The molecule has 1 N–H and O–H groups in total. The molecule has 112 valence electrons. The third-order valence-electron chi connectivity index (χ3n) is 3.53. The van der Waals surface area contributed by atoms with Crippen molar-refractivity contribution in [3.05, 3.63) is 28.8 Å². The van der Waals surface area contributed by atoms with Crippen LogP contribution in [0.25, 0.3) is 5.69 Å². The van der Waals surface area contributed by atoms with E-state index in [1.807, 2.05) is 22.8 Å². The fourth-order valence-corrected chi connectivity index (χ4v) is 2.72. The Hall–Kier alpha value is -1.82. The highest BCUT2D eigenvalue weighted by atomic mass is 32.1. The molecule has 0 aliphatic carbocycles. The molecule has 1 aromatic carbocycles. The second kappa shape index (κ2) is 6.30. The maximum absolute atomic E-state index is 5.64. The second-order valence-corrected chi connectivity index (χ2v) is 5.45. The summed E-state index contributed by atoms with van der Waals surface area (Å²) in [4.78, 5) is 0. The average molecular weight is 305 g/mol. The molecule has 1 aliphatic rings. The van der Waals surface area contributed by atoms with Crippen LogP contribution in [-0.4, -0.2) is 28.0 Å². The minimum absolute atomic E-state index is 0.580. The molecule has 0 atom stereocenters. The fourth-order valence-electron chi connectivity index (χ4n) is 2.47. The lowest BCUT2D eigenvalue weighted by molar-refractivity contribution is 0.171. The lowest BCUT2D eigenvalue weighted by atomic mass is 10.2. The van der Waals surface area contributed by atoms with Gasteiger partial charge in [-0.3, -0.25) is 9.67 Å². The largest absolute Gasteiger partial charge is 0.486 e. The molecule has 0 radical (unpaired) electrons. The van der Waals surface area contributed by atoms with Gasteiger partial charge < -0.3 is 9.47 Å². The number of aryl methyl sites for hydroxylation is 1. The maximum atomic E-state index is 5.64. The van der Waals surface area contributed by atoms with Gasteiger partial charge in [0.15, 0.2) is 16.3 Å². The molecule has 6 heteroatoms. The zero-order valence-electron chi connectivity index (χ0n) is 12.1. The molecule has 21 heavy (non-hydrogen) atoms. The van der Waals surface area contributed by atoms with E-state index in [0.717, 1.165) is 35.9 Å². The third-order valence-corrected chi connectivity index (χ3v) is 3.80. The SMILES string of the molecule is CCCCCc1n[nH]c(=S)n1-c1ccc2c(c1)OCCO2. The number of aromatic nitrogens is 3. The quantitative estimate of drug-likeness (QED) is 0.679. The molecular weight excluding hydrogens is 286 g/mol. The number of rotatable bonds is 5. The maximum Gasteiger partial charge on any atom is 0.199 e. The highest BCUT2D eigenvalue weighted by molar-refractivity contribution is 7.71. The number of unbranched alkanes of at least 4 members (excludes halogenated alkanes) is 2. The van der Waals surface area contributed by atoms with E-state index in [1.165, 1.54) is 12.8 Å². The van der Waals surface area contributed by atoms with Crippen molar-refractivity contribution >= 4 is 12.2 Å². The summed E-state index contributed by atoms with van der Waals surface area (Å²) in [5.41, 5.74) is 0.962. The number of benzene rings is 1. The number of ether oxygens (including phenoxy) is 2. The van der Waals surface area contributed by atoms with Crippen LogP contribution in [0.3, 0.4) is 0 Å². The molecular formula is C15H19N3O2S. The fraction of sp³-hybridized carbons (Fsp3) is 0.467. The van der Waals surface area contributed by atoms with Gasteiger partial charge in [-0.1, -0.05) is 19.8 Å². The Morgan fingerprint density at radius 2 is 2.05 bits per heavy atom. The van der Waals surface area contributed by atoms with Crippen molar-refractivity contribution in [2.75, 3.05) is 13.2 Å². The lowest BCUT2D eigenvalue weighted by Crippen LogP contribution is -2.15. The number of hydrogen-bond donors (Lipinski definition) is 1. The predicted molar refractivity (Wildman–Crippen MR) is 83.0 cm³/mol. The smallest absolute Gasteiger partial charge is 0.199 e. The van der Waals surface area contributed by atoms with Gasteiger partial charge in [0, 0.05) is 12.5 Å². The summed E-state index contributed by atoms with van der Waals surface area (Å²) in [6.45, 7) is 3.37. The average Bonchev–Trinajstić information content (AvgIpc) is 2.88. The standard InChI is InChI=1S/C15H19N3O2S/c1-2-3-4-5-14-16-17-15(21)18(14)11-6-7-12-13(10-11)20-9-8-19-12/h6-7,10H,2-5,8-9H2,1H3,(H,17,21). The van der Waals surface area contributed by atoms with Crippen LogP contribution in [0.5, 0.6) is 11.5 Å². The van der Waals surface area contributed by atoms with Gasteiger partial charge in [0.25, 0.3) is 0 Å². The van der Waals surface area contributed by atoms with Gasteiger partial charge in [0.2, 0.25) is 0 Å². The van der Waals surface area contributed by atoms with Gasteiger partial charge in [-0.15, -0.1) is 0 Å². The molecule has 2 heterocycles. The third kappa shape index (κ3) is 2.95. The topological polar surface area (TPSA) is 52.1 Å². The van der Waals surface area contributed by atoms with E-state index in [9.17, 15) is 0 Å². The van der Waals surface area contributed by atoms with Gasteiger partial charge >= 0.3 is 0 Å². The summed E-state index contributed by atoms with van der Waals surface area (Å²) in [7, 11) is 0. The number of hydrogen-bond acceptors (Lipinski definition) is 4. The van der Waals surface area contributed by atoms with Gasteiger partial charge in [0.05, 0.1) is 5.69 Å². The molecule has 0 amide bonds. The Morgan fingerprint density at radius 1 is 1.24 bits per heavy atom. The molecule has 5 nitrogen and oxygen atoms in total. The van der Waals surface area contributed by atoms with E-state index < -0.39 is 0 Å². The molecule has 0 fully saturated rings. The first-order chi connectivity index (χ1) is 10.3. The van der Waals surface area contributed by atoms with Crippen LogP contribution in [-0.2, 0) is 6.42 Å². The molecule has 2 aromatic rings. The molecule has 1 aromatic heterocycles. The van der Waals surface area contributed by atoms with Gasteiger partial charge in [0.1, 0.15) is 19.0 Å². The Labute approximate surface area is 128 Å². The number of nitrogens with one attached hydrogen (secondary N) is 1. The summed E-state index contributed by atoms with van der Waals surface area (Å²) in [5, 5.41) is 7.24. The van der Waals surface area contributed by atoms with Gasteiger partial charge in [-0.05, 0) is 30.8 Å². The van der Waals surface area contributed by atoms with E-state index in [0.29, 0.717) is 18.0 Å². The van der Waals surface area contributed by atoms with Crippen molar-refractivity contribution in [3.8, 4) is 17.2 Å². The van der Waals surface area contributed by atoms with Crippen molar-refractivity contribution in [1.82, 2.24) is 14.8 Å². The Kier molecular flexibility index (Phi) is 4.24. The van der Waals surface area contributed by atoms with Crippen molar-refractivity contribution in [1.29, 1.82) is 0 Å². The van der Waals surface area contributed by atoms with Crippen molar-refractivity contribution in [3.63, 3.8) is 0 Å². The number of fused-ring (bicyclic) bond motifs is 1. The molecule has 0 bridgehead atoms. The monoisotopic (exact) mass is 305 g/mol. The van der Waals surface area contributed by atoms with Crippen molar-refractivity contribution in [2.24, 2.45) is 0 Å². The Morgan fingerprint density at radius 3 is 2.86 bits per heavy atom. The first-order valence-corrected chi connectivity index (χ1v) is 7.76. The van der Waals surface area contributed by atoms with Crippen LogP contribution < -0.4 is 9.47 Å². The number of H-pyrrole nitrogens is 1. The summed E-state index contributed by atoms with van der Waals surface area (Å²) < 4.78 is 13.8. The number of aromatic amines is 1. The highest BCUT2D eigenvalue weighted by Crippen LogP contribution is 2.32. The van der Waals surface area contributed by atoms with E-state index in [1.54, 1.807) is 0 Å². The van der Waals surface area contributed by atoms with Crippen LogP contribution in [0.15, 0.2) is 18.2 Å². The minimum atomic E-state index is 0.580. The lowest BCUT2D eigenvalue weighted by Gasteiger charge is -2.19. The van der Waals surface area contributed by atoms with E-state index in [4.69, 9.17) is 21.7 Å². The Balaban J connectivity index is 1.92. The van der Waals surface area contributed by atoms with Crippen molar-refractivity contribution < 1.29 is 9.47 Å². The zero-order valence-corrected chi connectivity index (χ0v) is 12.9. The molecule has 0 saturated heterocycles. The van der Waals surface area contributed by atoms with E-state index in [2.05, 4.69) is 17.1 Å². The van der Waals surface area contributed by atoms with Crippen LogP contribution >= 0.6 is 12.2 Å². The van der Waals surface area contributed by atoms with Crippen LogP contribution in [0.2, 0.25) is 0 Å². The van der Waals surface area contributed by atoms with Gasteiger partial charge in [-0.2, -0.15) is 5.10 Å². The normalized spacial score (nSPS) is 13.4. The minimum Gasteiger partial charge on any atom is -0.486 e. The predicted octanol–water partition coefficient (Wildman–Crippen LogP) is 3.43. The summed E-state index contributed by atoms with van der Waals surface area (Å²) in [5.74, 6) is 2.51. The van der Waals surface area contributed by atoms with Crippen LogP contribution in [0.4, 0.5) is 0 Å². The summed E-state index contributed by atoms with van der Waals surface area (Å²) in [6.07, 6.45) is 4.41.